The van der Waals surface area contributed by atoms with Crippen molar-refractivity contribution in [3.63, 3.8) is 0 Å². The summed E-state index contributed by atoms with van der Waals surface area (Å²) in [5.41, 5.74) is 1.53. The Morgan fingerprint density at radius 1 is 1.15 bits per heavy atom. The highest BCUT2D eigenvalue weighted by Crippen LogP contribution is 2.42. The fourth-order valence-electron chi connectivity index (χ4n) is 3.85. The highest BCUT2D eigenvalue weighted by atomic mass is 79.9. The number of nitrogens with one attached hydrogen (secondary N) is 1. The van der Waals surface area contributed by atoms with Crippen molar-refractivity contribution in [1.82, 2.24) is 9.66 Å². The van der Waals surface area contributed by atoms with Gasteiger partial charge in [0.2, 0.25) is 0 Å². The molecule has 1 heterocycles. The molecule has 0 saturated heterocycles. The molecule has 0 unspecified atom stereocenters. The number of anilines is 1. The summed E-state index contributed by atoms with van der Waals surface area (Å²) >= 11 is 13.6. The molecule has 4 aromatic rings. The minimum Gasteiger partial charge on any atom is -0.490 e. The largest absolute Gasteiger partial charge is 0.490 e. The van der Waals surface area contributed by atoms with E-state index in [4.69, 9.17) is 26.1 Å². The van der Waals surface area contributed by atoms with Crippen molar-refractivity contribution >= 4 is 72.2 Å². The van der Waals surface area contributed by atoms with E-state index in [0.717, 1.165) is 10.9 Å². The lowest BCUT2D eigenvalue weighted by molar-refractivity contribution is -0.118. The van der Waals surface area contributed by atoms with Crippen LogP contribution in [0.4, 0.5) is 5.69 Å². The summed E-state index contributed by atoms with van der Waals surface area (Å²) in [4.78, 5) is 30.6. The molecule has 1 amide bonds. The minimum absolute atomic E-state index is 0.0123. The van der Waals surface area contributed by atoms with Gasteiger partial charge in [0.15, 0.2) is 18.1 Å². The third kappa shape index (κ3) is 6.74. The molecule has 8 nitrogen and oxygen atoms in total. The van der Waals surface area contributed by atoms with Gasteiger partial charge in [0.25, 0.3) is 11.5 Å². The molecule has 208 valence electrons. The quantitative estimate of drug-likeness (QED) is 0.175. The number of carbonyl (C=O) groups is 1. The van der Waals surface area contributed by atoms with Gasteiger partial charge in [-0.2, -0.15) is 9.78 Å². The van der Waals surface area contributed by atoms with Gasteiger partial charge >= 0.3 is 0 Å². The Labute approximate surface area is 253 Å². The second-order valence-electron chi connectivity index (χ2n) is 8.86. The number of rotatable bonds is 10. The second-order valence-corrected chi connectivity index (χ2v) is 10.9. The topological polar surface area (TPSA) is 94.8 Å². The molecule has 11 heteroatoms. The van der Waals surface area contributed by atoms with Gasteiger partial charge in [0.05, 0.1) is 23.7 Å². The van der Waals surface area contributed by atoms with E-state index in [9.17, 15) is 9.59 Å². The number of hydrogen-bond donors (Lipinski definition) is 1. The van der Waals surface area contributed by atoms with E-state index in [2.05, 4.69) is 42.3 Å². The van der Waals surface area contributed by atoms with E-state index in [1.165, 1.54) is 10.9 Å². The molecule has 40 heavy (non-hydrogen) atoms. The van der Waals surface area contributed by atoms with Crippen molar-refractivity contribution in [1.29, 1.82) is 0 Å². The molecule has 0 spiro atoms. The molecular weight excluding hydrogens is 664 g/mol. The molecule has 4 rings (SSSR count). The lowest BCUT2D eigenvalue weighted by Gasteiger charge is -2.16. The molecule has 0 fully saturated rings. The van der Waals surface area contributed by atoms with Crippen LogP contribution in [0.2, 0.25) is 5.02 Å². The van der Waals surface area contributed by atoms with Crippen LogP contribution in [0, 0.1) is 0 Å². The van der Waals surface area contributed by atoms with Crippen LogP contribution >= 0.6 is 43.5 Å². The van der Waals surface area contributed by atoms with E-state index in [1.54, 1.807) is 24.3 Å². The maximum atomic E-state index is 13.5. The maximum Gasteiger partial charge on any atom is 0.282 e. The first-order valence-electron chi connectivity index (χ1n) is 12.6. The molecule has 0 aliphatic rings. The van der Waals surface area contributed by atoms with Crippen LogP contribution in [0.5, 0.6) is 11.5 Å². The molecular formula is C29H27Br2ClN4O4. The lowest BCUT2D eigenvalue weighted by Crippen LogP contribution is -2.23. The third-order valence-electron chi connectivity index (χ3n) is 6.06. The molecule has 0 aliphatic carbocycles. The number of para-hydroxylation sites is 1. The number of halogens is 3. The fourth-order valence-corrected chi connectivity index (χ4v) is 4.87. The summed E-state index contributed by atoms with van der Waals surface area (Å²) in [6.07, 6.45) is 2.29. The van der Waals surface area contributed by atoms with Crippen molar-refractivity contribution in [2.75, 3.05) is 18.5 Å². The average Bonchev–Trinajstić information content (AvgIpc) is 2.95. The van der Waals surface area contributed by atoms with Crippen LogP contribution in [0.15, 0.2) is 73.4 Å². The predicted molar refractivity (Wildman–Crippen MR) is 166 cm³/mol. The first kappa shape index (κ1) is 29.8. The zero-order chi connectivity index (χ0) is 28.8. The Morgan fingerprint density at radius 2 is 1.90 bits per heavy atom. The van der Waals surface area contributed by atoms with E-state index in [-0.39, 0.29) is 34.8 Å². The molecule has 0 bridgehead atoms. The number of hydrogen-bond acceptors (Lipinski definition) is 6. The Balaban J connectivity index is 1.69. The molecule has 1 N–H and O–H groups in total. The van der Waals surface area contributed by atoms with Gasteiger partial charge in [0.1, 0.15) is 10.8 Å². The lowest BCUT2D eigenvalue weighted by atomic mass is 10.1. The monoisotopic (exact) mass is 688 g/mol. The summed E-state index contributed by atoms with van der Waals surface area (Å²) in [7, 11) is 0. The molecule has 3 aromatic carbocycles. The van der Waals surface area contributed by atoms with Gasteiger partial charge in [-0.05, 0) is 65.7 Å². The molecule has 0 aliphatic heterocycles. The van der Waals surface area contributed by atoms with Crippen LogP contribution in [-0.2, 0) is 4.79 Å². The van der Waals surface area contributed by atoms with Crippen LogP contribution < -0.4 is 20.3 Å². The number of amides is 1. The fraction of sp³-hybridized carbons (Fsp3) is 0.241. The number of ether oxygens (including phenoxy) is 2. The van der Waals surface area contributed by atoms with Gasteiger partial charge < -0.3 is 14.8 Å². The molecule has 0 saturated carbocycles. The second kappa shape index (κ2) is 13.4. The molecule has 0 radical (unpaired) electrons. The van der Waals surface area contributed by atoms with Gasteiger partial charge in [0, 0.05) is 26.1 Å². The summed E-state index contributed by atoms with van der Waals surface area (Å²) in [5.74, 6) is 0.737. The average molecular weight is 691 g/mol. The smallest absolute Gasteiger partial charge is 0.282 e. The van der Waals surface area contributed by atoms with Crippen LogP contribution in [0.1, 0.15) is 44.5 Å². The van der Waals surface area contributed by atoms with Crippen molar-refractivity contribution in [3.05, 3.63) is 90.3 Å². The number of carbonyl (C=O) groups excluding carboxylic acids is 1. The van der Waals surface area contributed by atoms with Crippen molar-refractivity contribution in [2.24, 2.45) is 5.10 Å². The van der Waals surface area contributed by atoms with Gasteiger partial charge in [-0.1, -0.05) is 59.6 Å². The van der Waals surface area contributed by atoms with E-state index in [0.29, 0.717) is 44.8 Å². The van der Waals surface area contributed by atoms with Crippen molar-refractivity contribution in [3.8, 4) is 11.5 Å². The number of aromatic nitrogens is 2. The number of benzene rings is 3. The predicted octanol–water partition coefficient (Wildman–Crippen LogP) is 7.39. The van der Waals surface area contributed by atoms with E-state index in [1.807, 2.05) is 51.1 Å². The van der Waals surface area contributed by atoms with Crippen LogP contribution in [0.25, 0.3) is 10.9 Å². The van der Waals surface area contributed by atoms with Crippen LogP contribution in [-0.4, -0.2) is 35.0 Å². The highest BCUT2D eigenvalue weighted by Gasteiger charge is 2.20. The van der Waals surface area contributed by atoms with Crippen molar-refractivity contribution in [2.45, 2.75) is 33.1 Å². The summed E-state index contributed by atoms with van der Waals surface area (Å²) in [6.45, 7) is 5.91. The first-order chi connectivity index (χ1) is 19.2. The SMILES string of the molecule is CCOc1cc(C=Nn2c([C@@H](C)CC)nc3ccc(Br)cc3c2=O)c(Br)c(Cl)c1OCC(=O)Nc1ccccc1. The molecule has 1 atom stereocenters. The third-order valence-corrected chi connectivity index (χ3v) is 8.00. The number of fused-ring (bicyclic) bond motifs is 1. The first-order valence-corrected chi connectivity index (χ1v) is 14.6. The van der Waals surface area contributed by atoms with Crippen LogP contribution in [0.3, 0.4) is 0 Å². The van der Waals surface area contributed by atoms with E-state index >= 15 is 0 Å². The maximum absolute atomic E-state index is 13.5. The minimum atomic E-state index is -0.348. The Hall–Kier alpha value is -3.21. The summed E-state index contributed by atoms with van der Waals surface area (Å²) in [5, 5.41) is 7.95. The van der Waals surface area contributed by atoms with Gasteiger partial charge in [-0.3, -0.25) is 9.59 Å². The van der Waals surface area contributed by atoms with Crippen molar-refractivity contribution < 1.29 is 14.3 Å². The van der Waals surface area contributed by atoms with Gasteiger partial charge in [-0.15, -0.1) is 0 Å². The molecule has 1 aromatic heterocycles. The Kier molecular flexibility index (Phi) is 9.99. The number of nitrogens with zero attached hydrogens (tertiary/aromatic N) is 3. The standard InChI is InChI=1S/C29H27Br2ClN4O4/c1-4-17(3)28-35-22-12-11-19(30)14-21(22)29(38)36(28)33-15-18-13-23(39-5-2)27(26(32)25(18)31)40-16-24(37)34-20-9-7-6-8-10-20/h6-15,17H,4-5,16H2,1-3H3,(H,34,37)/t17-/m0/s1. The van der Waals surface area contributed by atoms with E-state index < -0.39 is 0 Å². The Morgan fingerprint density at radius 3 is 2.60 bits per heavy atom. The van der Waals surface area contributed by atoms with Gasteiger partial charge in [-0.25, -0.2) is 4.98 Å². The highest BCUT2D eigenvalue weighted by molar-refractivity contribution is 9.10. The zero-order valence-corrected chi connectivity index (χ0v) is 26.0. The normalized spacial score (nSPS) is 12.1. The Bertz CT molecular complexity index is 1630. The zero-order valence-electron chi connectivity index (χ0n) is 22.1. The summed E-state index contributed by atoms with van der Waals surface area (Å²) in [6, 6.07) is 16.2. The summed E-state index contributed by atoms with van der Waals surface area (Å²) < 4.78 is 14.1.